The Kier molecular flexibility index (Phi) is 4.31. The van der Waals surface area contributed by atoms with Gasteiger partial charge in [0.1, 0.15) is 11.5 Å². The van der Waals surface area contributed by atoms with Crippen molar-refractivity contribution in [2.24, 2.45) is 5.92 Å². The summed E-state index contributed by atoms with van der Waals surface area (Å²) in [6, 6.07) is 5.96. The molecule has 1 aliphatic heterocycles. The van der Waals surface area contributed by atoms with Crippen molar-refractivity contribution in [1.82, 2.24) is 5.32 Å². The third kappa shape index (κ3) is 2.70. The van der Waals surface area contributed by atoms with E-state index in [1.807, 2.05) is 19.2 Å². The van der Waals surface area contributed by atoms with Gasteiger partial charge in [0.2, 0.25) is 0 Å². The van der Waals surface area contributed by atoms with Gasteiger partial charge in [-0.1, -0.05) is 0 Å². The summed E-state index contributed by atoms with van der Waals surface area (Å²) in [6.07, 6.45) is 1.22. The van der Waals surface area contributed by atoms with Crippen LogP contribution in [-0.4, -0.2) is 40.9 Å². The van der Waals surface area contributed by atoms with Gasteiger partial charge in [-0.05, 0) is 38.1 Å². The lowest BCUT2D eigenvalue weighted by Crippen LogP contribution is -2.24. The predicted octanol–water partition coefficient (Wildman–Crippen LogP) is 1.75. The fraction of sp³-hybridized carbons (Fsp3) is 0.571. The highest BCUT2D eigenvalue weighted by atomic mass is 16.5. The van der Waals surface area contributed by atoms with E-state index in [4.69, 9.17) is 9.47 Å². The van der Waals surface area contributed by atoms with Crippen LogP contribution in [0.2, 0.25) is 0 Å². The number of nitrogens with one attached hydrogen (secondary N) is 1. The summed E-state index contributed by atoms with van der Waals surface area (Å²) in [5, 5.41) is 3.25. The van der Waals surface area contributed by atoms with Crippen LogP contribution < -0.4 is 19.7 Å². The lowest BCUT2D eigenvalue weighted by atomic mass is 10.1. The topological polar surface area (TPSA) is 33.7 Å². The smallest absolute Gasteiger partial charge is 0.142 e. The first kappa shape index (κ1) is 13.0. The van der Waals surface area contributed by atoms with Crippen molar-refractivity contribution in [3.8, 4) is 11.5 Å². The van der Waals surface area contributed by atoms with E-state index in [0.29, 0.717) is 5.92 Å². The van der Waals surface area contributed by atoms with Crippen LogP contribution in [0, 0.1) is 5.92 Å². The average Bonchev–Trinajstić information content (AvgIpc) is 2.87. The maximum atomic E-state index is 5.44. The molecule has 18 heavy (non-hydrogen) atoms. The Morgan fingerprint density at radius 1 is 1.33 bits per heavy atom. The van der Waals surface area contributed by atoms with E-state index >= 15 is 0 Å². The Bertz CT molecular complexity index is 395. The van der Waals surface area contributed by atoms with E-state index in [-0.39, 0.29) is 0 Å². The van der Waals surface area contributed by atoms with E-state index in [1.54, 1.807) is 14.2 Å². The monoisotopic (exact) mass is 250 g/mol. The lowest BCUT2D eigenvalue weighted by molar-refractivity contribution is 0.403. The van der Waals surface area contributed by atoms with E-state index in [2.05, 4.69) is 16.3 Å². The van der Waals surface area contributed by atoms with Crippen LogP contribution in [0.4, 0.5) is 5.69 Å². The number of methoxy groups -OCH3 is 2. The highest BCUT2D eigenvalue weighted by molar-refractivity contribution is 5.62. The van der Waals surface area contributed by atoms with E-state index in [9.17, 15) is 0 Å². The van der Waals surface area contributed by atoms with E-state index < -0.39 is 0 Å². The molecular formula is C14H22N2O2. The minimum absolute atomic E-state index is 0.714. The zero-order valence-electron chi connectivity index (χ0n) is 11.4. The average molecular weight is 250 g/mol. The molecule has 0 aliphatic carbocycles. The molecule has 100 valence electrons. The van der Waals surface area contributed by atoms with Gasteiger partial charge in [0, 0.05) is 19.2 Å². The number of benzene rings is 1. The third-order valence-electron chi connectivity index (χ3n) is 3.51. The lowest BCUT2D eigenvalue weighted by Gasteiger charge is -2.22. The van der Waals surface area contributed by atoms with Crippen molar-refractivity contribution < 1.29 is 9.47 Å². The molecule has 1 unspecified atom stereocenters. The van der Waals surface area contributed by atoms with Gasteiger partial charge in [-0.15, -0.1) is 0 Å². The molecule has 0 amide bonds. The van der Waals surface area contributed by atoms with Gasteiger partial charge >= 0.3 is 0 Å². The van der Waals surface area contributed by atoms with Crippen LogP contribution in [-0.2, 0) is 0 Å². The number of ether oxygens (including phenoxy) is 2. The molecule has 4 heteroatoms. The summed E-state index contributed by atoms with van der Waals surface area (Å²) < 4.78 is 10.7. The predicted molar refractivity (Wildman–Crippen MR) is 73.8 cm³/mol. The Morgan fingerprint density at radius 3 is 2.83 bits per heavy atom. The standard InChI is InChI=1S/C14H22N2O2/c1-15-9-11-6-7-16(10-11)13-8-12(17-2)4-5-14(13)18-3/h4-5,8,11,15H,6-7,9-10H2,1-3H3. The van der Waals surface area contributed by atoms with Crippen molar-refractivity contribution in [1.29, 1.82) is 0 Å². The molecule has 1 fully saturated rings. The number of hydrogen-bond acceptors (Lipinski definition) is 4. The SMILES string of the molecule is CNCC1CCN(c2cc(OC)ccc2OC)C1. The summed E-state index contributed by atoms with van der Waals surface area (Å²) in [5.41, 5.74) is 1.13. The van der Waals surface area contributed by atoms with Crippen molar-refractivity contribution >= 4 is 5.69 Å². The molecular weight excluding hydrogens is 228 g/mol. The van der Waals surface area contributed by atoms with Gasteiger partial charge in [0.05, 0.1) is 19.9 Å². The highest BCUT2D eigenvalue weighted by Crippen LogP contribution is 2.35. The summed E-state index contributed by atoms with van der Waals surface area (Å²) in [5.74, 6) is 2.51. The van der Waals surface area contributed by atoms with Crippen LogP contribution >= 0.6 is 0 Å². The van der Waals surface area contributed by atoms with Crippen molar-refractivity contribution in [3.05, 3.63) is 18.2 Å². The zero-order chi connectivity index (χ0) is 13.0. The largest absolute Gasteiger partial charge is 0.497 e. The maximum absolute atomic E-state index is 5.44. The second kappa shape index (κ2) is 5.96. The molecule has 1 aromatic carbocycles. The molecule has 0 bridgehead atoms. The second-order valence-electron chi connectivity index (χ2n) is 4.70. The minimum atomic E-state index is 0.714. The quantitative estimate of drug-likeness (QED) is 0.863. The Balaban J connectivity index is 2.16. The molecule has 4 nitrogen and oxygen atoms in total. The van der Waals surface area contributed by atoms with Crippen LogP contribution in [0.5, 0.6) is 11.5 Å². The van der Waals surface area contributed by atoms with E-state index in [0.717, 1.165) is 36.8 Å². The molecule has 0 aromatic heterocycles. The van der Waals surface area contributed by atoms with Crippen molar-refractivity contribution in [3.63, 3.8) is 0 Å². The second-order valence-corrected chi connectivity index (χ2v) is 4.70. The number of rotatable bonds is 5. The first-order chi connectivity index (χ1) is 8.78. The summed E-state index contributed by atoms with van der Waals surface area (Å²) in [7, 11) is 5.42. The van der Waals surface area contributed by atoms with Gasteiger partial charge in [-0.25, -0.2) is 0 Å². The van der Waals surface area contributed by atoms with Gasteiger partial charge in [0.15, 0.2) is 0 Å². The molecule has 1 N–H and O–H groups in total. The minimum Gasteiger partial charge on any atom is -0.497 e. The molecule has 1 aromatic rings. The zero-order valence-corrected chi connectivity index (χ0v) is 11.4. The summed E-state index contributed by atoms with van der Waals surface area (Å²) >= 11 is 0. The van der Waals surface area contributed by atoms with Crippen LogP contribution in [0.1, 0.15) is 6.42 Å². The fourth-order valence-corrected chi connectivity index (χ4v) is 2.55. The molecule has 2 rings (SSSR count). The highest BCUT2D eigenvalue weighted by Gasteiger charge is 2.24. The van der Waals surface area contributed by atoms with Crippen LogP contribution in [0.25, 0.3) is 0 Å². The maximum Gasteiger partial charge on any atom is 0.142 e. The van der Waals surface area contributed by atoms with Gasteiger partial charge in [0.25, 0.3) is 0 Å². The molecule has 0 saturated carbocycles. The van der Waals surface area contributed by atoms with Crippen molar-refractivity contribution in [2.45, 2.75) is 6.42 Å². The fourth-order valence-electron chi connectivity index (χ4n) is 2.55. The Labute approximate surface area is 109 Å². The van der Waals surface area contributed by atoms with E-state index in [1.165, 1.54) is 6.42 Å². The first-order valence-electron chi connectivity index (χ1n) is 6.40. The van der Waals surface area contributed by atoms with Crippen molar-refractivity contribution in [2.75, 3.05) is 45.8 Å². The molecule has 1 saturated heterocycles. The van der Waals surface area contributed by atoms with Crippen LogP contribution in [0.15, 0.2) is 18.2 Å². The summed E-state index contributed by atoms with van der Waals surface area (Å²) in [4.78, 5) is 2.38. The normalized spacial score (nSPS) is 19.1. The Hall–Kier alpha value is -1.42. The molecule has 1 aliphatic rings. The van der Waals surface area contributed by atoms with Gasteiger partial charge < -0.3 is 19.7 Å². The Morgan fingerprint density at radius 2 is 2.17 bits per heavy atom. The number of hydrogen-bond donors (Lipinski definition) is 1. The third-order valence-corrected chi connectivity index (χ3v) is 3.51. The molecule has 0 radical (unpaired) electrons. The number of nitrogens with zero attached hydrogens (tertiary/aromatic N) is 1. The molecule has 0 spiro atoms. The first-order valence-corrected chi connectivity index (χ1v) is 6.40. The van der Waals surface area contributed by atoms with Gasteiger partial charge in [-0.2, -0.15) is 0 Å². The van der Waals surface area contributed by atoms with Crippen LogP contribution in [0.3, 0.4) is 0 Å². The molecule has 1 heterocycles. The molecule has 1 atom stereocenters. The van der Waals surface area contributed by atoms with Gasteiger partial charge in [-0.3, -0.25) is 0 Å². The number of anilines is 1. The summed E-state index contributed by atoms with van der Waals surface area (Å²) in [6.45, 7) is 3.23.